The van der Waals surface area contributed by atoms with Crippen LogP contribution in [0.15, 0.2) is 47.1 Å². The normalized spacial score (nSPS) is 10.6. The molecular weight excluding hydrogens is 224 g/mol. The van der Waals surface area contributed by atoms with Gasteiger partial charge in [0, 0.05) is 25.8 Å². The molecule has 0 bridgehead atoms. The van der Waals surface area contributed by atoms with E-state index in [1.54, 1.807) is 6.26 Å². The molecule has 0 saturated carbocycles. The highest BCUT2D eigenvalue weighted by Crippen LogP contribution is 2.12. The van der Waals surface area contributed by atoms with Crippen molar-refractivity contribution in [2.45, 2.75) is 13.5 Å². The first-order valence-electron chi connectivity index (χ1n) is 6.26. The van der Waals surface area contributed by atoms with Crippen LogP contribution in [-0.4, -0.2) is 20.1 Å². The Morgan fingerprint density at radius 1 is 1.17 bits per heavy atom. The molecule has 0 aliphatic rings. The second kappa shape index (κ2) is 6.26. The molecule has 3 nitrogen and oxygen atoms in total. The van der Waals surface area contributed by atoms with Crippen molar-refractivity contribution in [3.63, 3.8) is 0 Å². The average molecular weight is 244 g/mol. The van der Waals surface area contributed by atoms with Gasteiger partial charge in [-0.2, -0.15) is 0 Å². The number of aryl methyl sites for hydroxylation is 1. The maximum atomic E-state index is 5.26. The van der Waals surface area contributed by atoms with Crippen LogP contribution in [0.1, 0.15) is 11.3 Å². The number of anilines is 1. The van der Waals surface area contributed by atoms with E-state index in [9.17, 15) is 0 Å². The van der Waals surface area contributed by atoms with Crippen molar-refractivity contribution in [3.8, 4) is 0 Å². The van der Waals surface area contributed by atoms with E-state index in [0.717, 1.165) is 25.4 Å². The Morgan fingerprint density at radius 2 is 1.94 bits per heavy atom. The van der Waals surface area contributed by atoms with Gasteiger partial charge in [0.05, 0.1) is 12.8 Å². The number of hydrogen-bond donors (Lipinski definition) is 1. The Kier molecular flexibility index (Phi) is 4.42. The lowest BCUT2D eigenvalue weighted by Crippen LogP contribution is -2.28. The second-order valence-corrected chi connectivity index (χ2v) is 4.51. The minimum atomic E-state index is 0.786. The third kappa shape index (κ3) is 3.64. The second-order valence-electron chi connectivity index (χ2n) is 4.51. The van der Waals surface area contributed by atoms with Crippen LogP contribution < -0.4 is 10.2 Å². The van der Waals surface area contributed by atoms with Gasteiger partial charge in [-0.15, -0.1) is 0 Å². The van der Waals surface area contributed by atoms with Gasteiger partial charge in [0.25, 0.3) is 0 Å². The number of rotatable bonds is 6. The van der Waals surface area contributed by atoms with Gasteiger partial charge in [-0.25, -0.2) is 0 Å². The first kappa shape index (κ1) is 12.7. The van der Waals surface area contributed by atoms with Crippen molar-refractivity contribution in [1.29, 1.82) is 0 Å². The van der Waals surface area contributed by atoms with E-state index in [2.05, 4.69) is 48.5 Å². The molecule has 0 aliphatic carbocycles. The molecule has 0 fully saturated rings. The first-order chi connectivity index (χ1) is 8.75. The standard InChI is InChI=1S/C15H20N2O/c1-13-5-7-14(8-6-13)17(2)10-9-16-12-15-4-3-11-18-15/h3-8,11,16H,9-10,12H2,1-2H3. The highest BCUT2D eigenvalue weighted by molar-refractivity contribution is 5.46. The van der Waals surface area contributed by atoms with Crippen LogP contribution >= 0.6 is 0 Å². The summed E-state index contributed by atoms with van der Waals surface area (Å²) in [6.07, 6.45) is 1.70. The summed E-state index contributed by atoms with van der Waals surface area (Å²) in [6.45, 7) is 4.80. The molecule has 1 heterocycles. The number of nitrogens with one attached hydrogen (secondary N) is 1. The number of nitrogens with zero attached hydrogens (tertiary/aromatic N) is 1. The summed E-state index contributed by atoms with van der Waals surface area (Å²) in [6, 6.07) is 12.5. The van der Waals surface area contributed by atoms with Crippen LogP contribution in [0.25, 0.3) is 0 Å². The quantitative estimate of drug-likeness (QED) is 0.792. The maximum absolute atomic E-state index is 5.26. The molecule has 3 heteroatoms. The van der Waals surface area contributed by atoms with Gasteiger partial charge in [-0.05, 0) is 31.2 Å². The van der Waals surface area contributed by atoms with Crippen molar-refractivity contribution < 1.29 is 4.42 Å². The summed E-state index contributed by atoms with van der Waals surface area (Å²) >= 11 is 0. The van der Waals surface area contributed by atoms with Crippen LogP contribution in [0.2, 0.25) is 0 Å². The SMILES string of the molecule is Cc1ccc(N(C)CCNCc2ccco2)cc1. The highest BCUT2D eigenvalue weighted by Gasteiger charge is 2.00. The van der Waals surface area contributed by atoms with Gasteiger partial charge >= 0.3 is 0 Å². The van der Waals surface area contributed by atoms with Crippen molar-refractivity contribution in [2.24, 2.45) is 0 Å². The van der Waals surface area contributed by atoms with Crippen molar-refractivity contribution >= 4 is 5.69 Å². The van der Waals surface area contributed by atoms with E-state index >= 15 is 0 Å². The molecule has 1 aromatic heterocycles. The first-order valence-corrected chi connectivity index (χ1v) is 6.26. The topological polar surface area (TPSA) is 28.4 Å². The Balaban J connectivity index is 1.71. The van der Waals surface area contributed by atoms with Crippen molar-refractivity contribution in [2.75, 3.05) is 25.0 Å². The summed E-state index contributed by atoms with van der Waals surface area (Å²) in [7, 11) is 2.11. The minimum absolute atomic E-state index is 0.786. The summed E-state index contributed by atoms with van der Waals surface area (Å²) < 4.78 is 5.26. The summed E-state index contributed by atoms with van der Waals surface area (Å²) in [5.74, 6) is 0.980. The zero-order valence-corrected chi connectivity index (χ0v) is 11.0. The average Bonchev–Trinajstić information content (AvgIpc) is 2.88. The molecule has 0 unspecified atom stereocenters. The number of benzene rings is 1. The summed E-state index contributed by atoms with van der Waals surface area (Å²) in [5.41, 5.74) is 2.54. The Morgan fingerprint density at radius 3 is 2.61 bits per heavy atom. The largest absolute Gasteiger partial charge is 0.468 e. The van der Waals surface area contributed by atoms with Crippen LogP contribution in [0.5, 0.6) is 0 Å². The smallest absolute Gasteiger partial charge is 0.117 e. The molecule has 0 saturated heterocycles. The lowest BCUT2D eigenvalue weighted by molar-refractivity contribution is 0.484. The van der Waals surface area contributed by atoms with E-state index in [1.165, 1.54) is 11.3 Å². The molecule has 0 atom stereocenters. The summed E-state index contributed by atoms with van der Waals surface area (Å²) in [4.78, 5) is 2.24. The molecule has 18 heavy (non-hydrogen) atoms. The van der Waals surface area contributed by atoms with Crippen molar-refractivity contribution in [1.82, 2.24) is 5.32 Å². The maximum Gasteiger partial charge on any atom is 0.117 e. The lowest BCUT2D eigenvalue weighted by atomic mass is 10.2. The molecule has 0 spiro atoms. The zero-order valence-electron chi connectivity index (χ0n) is 11.0. The van der Waals surface area contributed by atoms with E-state index in [0.29, 0.717) is 0 Å². The van der Waals surface area contributed by atoms with Crippen LogP contribution in [-0.2, 0) is 6.54 Å². The van der Waals surface area contributed by atoms with Gasteiger partial charge in [0.15, 0.2) is 0 Å². The molecule has 0 amide bonds. The molecule has 1 aromatic carbocycles. The number of furan rings is 1. The molecular formula is C15H20N2O. The number of hydrogen-bond acceptors (Lipinski definition) is 3. The van der Waals surface area contributed by atoms with Gasteiger partial charge < -0.3 is 14.6 Å². The van der Waals surface area contributed by atoms with Crippen LogP contribution in [0, 0.1) is 6.92 Å². The monoisotopic (exact) mass is 244 g/mol. The summed E-state index contributed by atoms with van der Waals surface area (Å²) in [5, 5.41) is 3.36. The Labute approximate surface area is 108 Å². The number of likely N-dealkylation sites (N-methyl/N-ethyl adjacent to an activating group) is 1. The van der Waals surface area contributed by atoms with E-state index in [1.807, 2.05) is 12.1 Å². The van der Waals surface area contributed by atoms with Gasteiger partial charge in [0.2, 0.25) is 0 Å². The fourth-order valence-electron chi connectivity index (χ4n) is 1.80. The van der Waals surface area contributed by atoms with E-state index < -0.39 is 0 Å². The Bertz CT molecular complexity index is 448. The lowest BCUT2D eigenvalue weighted by Gasteiger charge is -2.19. The fourth-order valence-corrected chi connectivity index (χ4v) is 1.80. The predicted octanol–water partition coefficient (Wildman–Crippen LogP) is 2.81. The van der Waals surface area contributed by atoms with Gasteiger partial charge in [-0.3, -0.25) is 0 Å². The molecule has 2 aromatic rings. The third-order valence-corrected chi connectivity index (χ3v) is 2.98. The van der Waals surface area contributed by atoms with Crippen LogP contribution in [0.4, 0.5) is 5.69 Å². The fraction of sp³-hybridized carbons (Fsp3) is 0.333. The van der Waals surface area contributed by atoms with Gasteiger partial charge in [-0.1, -0.05) is 17.7 Å². The molecule has 1 N–H and O–H groups in total. The minimum Gasteiger partial charge on any atom is -0.468 e. The highest BCUT2D eigenvalue weighted by atomic mass is 16.3. The van der Waals surface area contributed by atoms with E-state index in [4.69, 9.17) is 4.42 Å². The molecule has 0 radical (unpaired) electrons. The van der Waals surface area contributed by atoms with Crippen LogP contribution in [0.3, 0.4) is 0 Å². The van der Waals surface area contributed by atoms with E-state index in [-0.39, 0.29) is 0 Å². The Hall–Kier alpha value is -1.74. The molecule has 96 valence electrons. The molecule has 2 rings (SSSR count). The zero-order chi connectivity index (χ0) is 12.8. The van der Waals surface area contributed by atoms with Crippen molar-refractivity contribution in [3.05, 3.63) is 54.0 Å². The van der Waals surface area contributed by atoms with Gasteiger partial charge in [0.1, 0.15) is 5.76 Å². The third-order valence-electron chi connectivity index (χ3n) is 2.98. The predicted molar refractivity (Wildman–Crippen MR) is 74.9 cm³/mol. The molecule has 0 aliphatic heterocycles.